The largest absolute Gasteiger partial charge is 0.472 e. The lowest BCUT2D eigenvalue weighted by Gasteiger charge is -2.21. The van der Waals surface area contributed by atoms with Gasteiger partial charge < -0.3 is 33.8 Å². The Kier molecular flexibility index (Phi) is 70.7. The molecule has 5 atom stereocenters. The molecule has 0 saturated heterocycles. The Balaban J connectivity index is 5.51. The summed E-state index contributed by atoms with van der Waals surface area (Å²) in [5.41, 5.74) is 0. The molecule has 0 fully saturated rings. The summed E-state index contributed by atoms with van der Waals surface area (Å²) in [6.45, 7) is 4.20. The Morgan fingerprint density at radius 3 is 0.913 bits per heavy atom. The highest BCUT2D eigenvalue weighted by molar-refractivity contribution is 7.47. The molecule has 17 nitrogen and oxygen atoms in total. The summed E-state index contributed by atoms with van der Waals surface area (Å²) in [4.78, 5) is 72.8. The highest BCUT2D eigenvalue weighted by Crippen LogP contribution is 2.45. The molecule has 5 unspecified atom stereocenters. The van der Waals surface area contributed by atoms with E-state index in [9.17, 15) is 43.2 Å². The lowest BCUT2D eigenvalue weighted by Crippen LogP contribution is -2.30. The molecule has 0 aromatic rings. The minimum atomic E-state index is -5.03. The highest BCUT2D eigenvalue weighted by Gasteiger charge is 2.30. The number of phosphoric ester groups is 2. The van der Waals surface area contributed by atoms with E-state index in [1.807, 2.05) is 30.4 Å². The van der Waals surface area contributed by atoms with Gasteiger partial charge in [-0.2, -0.15) is 0 Å². The third-order valence-corrected chi connectivity index (χ3v) is 17.0. The van der Waals surface area contributed by atoms with Gasteiger partial charge in [0, 0.05) is 19.3 Å². The number of rotatable bonds is 70. The third kappa shape index (κ3) is 74.2. The van der Waals surface area contributed by atoms with E-state index < -0.39 is 97.5 Å². The van der Waals surface area contributed by atoms with Gasteiger partial charge in [-0.05, 0) is 148 Å². The molecule has 0 aliphatic carbocycles. The van der Waals surface area contributed by atoms with Crippen molar-refractivity contribution >= 4 is 39.5 Å². The van der Waals surface area contributed by atoms with E-state index in [1.165, 1.54) is 0 Å². The molecular weight excluding hydrogens is 1350 g/mol. The molecular formula is C85H134O17P2. The van der Waals surface area contributed by atoms with Crippen LogP contribution in [0.15, 0.2) is 194 Å². The topological polar surface area (TPSA) is 237 Å². The van der Waals surface area contributed by atoms with Crippen LogP contribution in [0.1, 0.15) is 259 Å². The number of unbranched alkanes of at least 4 members (excludes halogenated alkanes) is 13. The maximum Gasteiger partial charge on any atom is 0.472 e. The average Bonchev–Trinajstić information content (AvgIpc) is 0.911. The number of phosphoric acid groups is 2. The van der Waals surface area contributed by atoms with Crippen LogP contribution in [0, 0.1) is 0 Å². The van der Waals surface area contributed by atoms with Gasteiger partial charge >= 0.3 is 39.5 Å². The Morgan fingerprint density at radius 2 is 0.558 bits per heavy atom. The number of allylic oxidation sites excluding steroid dienone is 31. The van der Waals surface area contributed by atoms with Crippen molar-refractivity contribution in [2.24, 2.45) is 0 Å². The van der Waals surface area contributed by atoms with Crippen molar-refractivity contribution in [2.45, 2.75) is 277 Å². The first-order valence-corrected chi connectivity index (χ1v) is 41.7. The second-order valence-corrected chi connectivity index (χ2v) is 27.7. The van der Waals surface area contributed by atoms with Gasteiger partial charge in [0.1, 0.15) is 19.3 Å². The van der Waals surface area contributed by atoms with Crippen LogP contribution in [-0.4, -0.2) is 96.7 Å². The van der Waals surface area contributed by atoms with Crippen molar-refractivity contribution in [3.05, 3.63) is 194 Å². The Hall–Kier alpha value is -6.10. The fraction of sp³-hybridized carbons (Fsp3) is 0.576. The van der Waals surface area contributed by atoms with Crippen molar-refractivity contribution in [1.82, 2.24) is 0 Å². The number of ether oxygens (including phenoxy) is 4. The van der Waals surface area contributed by atoms with Crippen LogP contribution in [0.4, 0.5) is 0 Å². The fourth-order valence-corrected chi connectivity index (χ4v) is 10.9. The third-order valence-electron chi connectivity index (χ3n) is 15.1. The van der Waals surface area contributed by atoms with Gasteiger partial charge in [0.2, 0.25) is 0 Å². The molecule has 0 amide bonds. The van der Waals surface area contributed by atoms with Crippen molar-refractivity contribution < 1.29 is 80.2 Å². The van der Waals surface area contributed by atoms with Gasteiger partial charge in [0.25, 0.3) is 0 Å². The monoisotopic (exact) mass is 1490 g/mol. The SMILES string of the molecule is CC/C=C\C/C=C\C/C=C\C/C=C\C/C=C\C/C=C\CCC(=O)OCC(COP(=O)(O)OCC(O)COP(=O)(O)OCC(COC(=O)CCCCCCCCC/C=C\C/C=C\C/C=C\CC)OC(=O)CCCCCCC/C=C\C/C=C\CCC)OC(=O)C/C=C\C/C=C\C/C=C\C/C=C\C/C=C\CC. The quantitative estimate of drug-likeness (QED) is 0.0169. The molecule has 0 spiro atoms. The summed E-state index contributed by atoms with van der Waals surface area (Å²) in [5.74, 6) is -2.47. The smallest absolute Gasteiger partial charge is 0.462 e. The van der Waals surface area contributed by atoms with Crippen LogP contribution in [0.5, 0.6) is 0 Å². The summed E-state index contributed by atoms with van der Waals surface area (Å²) in [5, 5.41) is 10.6. The minimum absolute atomic E-state index is 0.00856. The van der Waals surface area contributed by atoms with E-state index >= 15 is 0 Å². The van der Waals surface area contributed by atoms with E-state index in [4.69, 9.17) is 37.0 Å². The molecule has 0 aromatic heterocycles. The zero-order valence-corrected chi connectivity index (χ0v) is 65.6. The normalized spacial score (nSPS) is 15.0. The predicted molar refractivity (Wildman–Crippen MR) is 426 cm³/mol. The summed E-state index contributed by atoms with van der Waals surface area (Å²) in [7, 11) is -10.0. The van der Waals surface area contributed by atoms with Crippen LogP contribution in [0.25, 0.3) is 0 Å². The van der Waals surface area contributed by atoms with Crippen molar-refractivity contribution in [2.75, 3.05) is 39.6 Å². The predicted octanol–water partition coefficient (Wildman–Crippen LogP) is 22.5. The van der Waals surface area contributed by atoms with Crippen LogP contribution in [-0.2, 0) is 65.4 Å². The second kappa shape index (κ2) is 75.1. The number of carbonyl (C=O) groups excluding carboxylic acids is 4. The molecule has 19 heteroatoms. The number of aliphatic hydroxyl groups excluding tert-OH is 1. The van der Waals surface area contributed by atoms with Gasteiger partial charge in [0.15, 0.2) is 12.2 Å². The van der Waals surface area contributed by atoms with Crippen molar-refractivity contribution in [1.29, 1.82) is 0 Å². The molecule has 0 bridgehead atoms. The van der Waals surface area contributed by atoms with Gasteiger partial charge in [-0.15, -0.1) is 0 Å². The Bertz CT molecular complexity index is 2740. The number of hydrogen-bond donors (Lipinski definition) is 3. The van der Waals surface area contributed by atoms with Crippen molar-refractivity contribution in [3.63, 3.8) is 0 Å². The van der Waals surface area contributed by atoms with E-state index in [2.05, 4.69) is 180 Å². The summed E-state index contributed by atoms with van der Waals surface area (Å²) < 4.78 is 68.3. The molecule has 0 aromatic carbocycles. The van der Waals surface area contributed by atoms with Crippen LogP contribution >= 0.6 is 15.6 Å². The van der Waals surface area contributed by atoms with E-state index in [-0.39, 0.29) is 25.7 Å². The lowest BCUT2D eigenvalue weighted by atomic mass is 10.1. The van der Waals surface area contributed by atoms with Crippen molar-refractivity contribution in [3.8, 4) is 0 Å². The first kappa shape index (κ1) is 97.9. The number of hydrogen-bond acceptors (Lipinski definition) is 15. The van der Waals surface area contributed by atoms with Gasteiger partial charge in [-0.1, -0.05) is 280 Å². The maximum atomic E-state index is 13.1. The number of carbonyl (C=O) groups is 4. The van der Waals surface area contributed by atoms with E-state index in [0.29, 0.717) is 32.1 Å². The summed E-state index contributed by atoms with van der Waals surface area (Å²) in [6, 6.07) is 0. The average molecular weight is 1490 g/mol. The maximum absolute atomic E-state index is 13.1. The molecule has 0 aliphatic heterocycles. The highest BCUT2D eigenvalue weighted by atomic mass is 31.2. The molecule has 0 rings (SSSR count). The lowest BCUT2D eigenvalue weighted by molar-refractivity contribution is -0.161. The molecule has 0 aliphatic rings. The number of esters is 4. The molecule has 0 heterocycles. The molecule has 586 valence electrons. The Morgan fingerprint density at radius 1 is 0.288 bits per heavy atom. The van der Waals surface area contributed by atoms with E-state index in [1.54, 1.807) is 12.2 Å². The van der Waals surface area contributed by atoms with Crippen LogP contribution < -0.4 is 0 Å². The summed E-state index contributed by atoms with van der Waals surface area (Å²) >= 11 is 0. The zero-order valence-electron chi connectivity index (χ0n) is 63.9. The second-order valence-electron chi connectivity index (χ2n) is 24.8. The van der Waals surface area contributed by atoms with Crippen LogP contribution in [0.2, 0.25) is 0 Å². The molecule has 0 radical (unpaired) electrons. The van der Waals surface area contributed by atoms with Crippen LogP contribution in [0.3, 0.4) is 0 Å². The first-order chi connectivity index (χ1) is 50.7. The number of aliphatic hydroxyl groups is 1. The first-order valence-electron chi connectivity index (χ1n) is 38.7. The molecule has 0 saturated carbocycles. The molecule has 3 N–H and O–H groups in total. The fourth-order valence-electron chi connectivity index (χ4n) is 9.31. The summed E-state index contributed by atoms with van der Waals surface area (Å²) in [6.07, 6.45) is 91.8. The minimum Gasteiger partial charge on any atom is -0.462 e. The van der Waals surface area contributed by atoms with Gasteiger partial charge in [0.05, 0.1) is 32.8 Å². The van der Waals surface area contributed by atoms with Gasteiger partial charge in [-0.25, -0.2) is 9.13 Å². The standard InChI is InChI=1S/C85H134O17P2/c1-5-9-13-17-21-25-29-33-36-38-39-41-44-47-50-54-58-62-66-70-83(88)96-76-81(102-85(90)72-68-64-60-56-52-48-42-35-31-27-23-19-15-11-7-3)78-100-104(93,94)98-74-79(86)73-97-103(91,92)99-77-80(101-84(89)71-67-63-59-55-51-45-32-28-24-20-16-12-8-4)75-95-82(87)69-65-61-57-53-49-46-43-40-37-34-30-26-22-18-14-10-6-2/h9-11,13-16,20-23,25-28,32-37,39,41-42,47,50,52,56,58,62,64,68,79-81,86H,5-8,12,17-19,24,29-31,38,40,43-46,48-49,51,53-55,57,59-61,63,65-67,69-78H2,1-4H3,(H,91,92)(H,93,94)/b13-9-,14-10-,15-11-,20-16-,25-21-,26-22-,27-23-,32-28-,36-33-,37-34-,41-39-,42-35-,50-47-,56-52-,62-58-,68-64-. The Labute approximate surface area is 627 Å². The van der Waals surface area contributed by atoms with Gasteiger partial charge in [-0.3, -0.25) is 37.3 Å². The molecule has 104 heavy (non-hydrogen) atoms. The van der Waals surface area contributed by atoms with E-state index in [0.717, 1.165) is 173 Å². The zero-order chi connectivity index (χ0) is 76.0.